The third-order valence-electron chi connectivity index (χ3n) is 4.43. The van der Waals surface area contributed by atoms with Crippen LogP contribution in [0.5, 0.6) is 0 Å². The molecule has 29 heavy (non-hydrogen) atoms. The molecule has 9 heteroatoms. The smallest absolute Gasteiger partial charge is 0.266 e. The van der Waals surface area contributed by atoms with E-state index in [0.29, 0.717) is 31.4 Å². The molecule has 4 rings (SSSR count). The molecule has 0 aliphatic carbocycles. The number of nitrogens with zero attached hydrogens (tertiary/aromatic N) is 1. The van der Waals surface area contributed by atoms with Gasteiger partial charge in [-0.2, -0.15) is 5.10 Å². The van der Waals surface area contributed by atoms with Gasteiger partial charge in [0.1, 0.15) is 10.6 Å². The van der Waals surface area contributed by atoms with Crippen LogP contribution in [-0.4, -0.2) is 22.0 Å². The van der Waals surface area contributed by atoms with Crippen molar-refractivity contribution in [1.29, 1.82) is 0 Å². The molecule has 0 radical (unpaired) electrons. The molecule has 0 atom stereocenters. The molecule has 3 N–H and O–H groups in total. The Bertz CT molecular complexity index is 1190. The van der Waals surface area contributed by atoms with Gasteiger partial charge in [-0.15, -0.1) is 22.7 Å². The first-order valence-electron chi connectivity index (χ1n) is 8.75. The Morgan fingerprint density at radius 1 is 1.10 bits per heavy atom. The predicted octanol–water partition coefficient (Wildman–Crippen LogP) is 4.74. The second-order valence-corrected chi connectivity index (χ2v) is 8.95. The van der Waals surface area contributed by atoms with Gasteiger partial charge in [0.25, 0.3) is 11.8 Å². The lowest BCUT2D eigenvalue weighted by atomic mass is 9.94. The molecule has 0 aliphatic heterocycles. The maximum atomic E-state index is 13.6. The zero-order chi connectivity index (χ0) is 20.6. The molecule has 0 fully saturated rings. The highest BCUT2D eigenvalue weighted by molar-refractivity contribution is 7.20. The van der Waals surface area contributed by atoms with E-state index in [1.54, 1.807) is 30.3 Å². The van der Waals surface area contributed by atoms with Crippen molar-refractivity contribution >= 4 is 50.5 Å². The third kappa shape index (κ3) is 3.92. The maximum Gasteiger partial charge on any atom is 0.266 e. The summed E-state index contributed by atoms with van der Waals surface area (Å²) in [5, 5.41) is 15.1. The largest absolute Gasteiger partial charge is 0.342 e. The Kier molecular flexibility index (Phi) is 4.93. The summed E-state index contributed by atoms with van der Waals surface area (Å²) in [5.41, 5.74) is -0.0933. The molecule has 0 aliphatic rings. The van der Waals surface area contributed by atoms with Crippen molar-refractivity contribution in [2.45, 2.75) is 19.4 Å². The van der Waals surface area contributed by atoms with E-state index < -0.39 is 5.54 Å². The number of aromatic nitrogens is 2. The van der Waals surface area contributed by atoms with E-state index in [2.05, 4.69) is 20.8 Å². The van der Waals surface area contributed by atoms with Crippen LogP contribution in [0.2, 0.25) is 0 Å². The molecule has 0 spiro atoms. The summed E-state index contributed by atoms with van der Waals surface area (Å²) in [4.78, 5) is 26.8. The average molecular weight is 429 g/mol. The molecule has 4 aromatic rings. The molecule has 0 bridgehead atoms. The minimum atomic E-state index is -0.759. The van der Waals surface area contributed by atoms with Crippen molar-refractivity contribution in [1.82, 2.24) is 15.5 Å². The Balaban J connectivity index is 1.54. The first-order chi connectivity index (χ1) is 13.8. The highest BCUT2D eigenvalue weighted by atomic mass is 32.1. The van der Waals surface area contributed by atoms with Crippen molar-refractivity contribution in [2.75, 3.05) is 5.32 Å². The number of thiophene rings is 2. The molecule has 0 saturated heterocycles. The first-order valence-corrected chi connectivity index (χ1v) is 10.4. The van der Waals surface area contributed by atoms with Crippen LogP contribution in [0.1, 0.15) is 38.8 Å². The number of fused-ring (bicyclic) bond motifs is 1. The number of amides is 2. The summed E-state index contributed by atoms with van der Waals surface area (Å²) in [6, 6.07) is 11.4. The number of anilines is 1. The molecular weight excluding hydrogens is 411 g/mol. The summed E-state index contributed by atoms with van der Waals surface area (Å²) < 4.78 is 13.6. The molecule has 6 nitrogen and oxygen atoms in total. The van der Waals surface area contributed by atoms with Gasteiger partial charge in [-0.1, -0.05) is 18.2 Å². The van der Waals surface area contributed by atoms with Crippen LogP contribution in [0.15, 0.2) is 47.8 Å². The number of H-pyrrole nitrogens is 1. The van der Waals surface area contributed by atoms with Crippen LogP contribution in [0.25, 0.3) is 10.2 Å². The quantitative estimate of drug-likeness (QED) is 0.429. The summed E-state index contributed by atoms with van der Waals surface area (Å²) in [7, 11) is 0. The van der Waals surface area contributed by atoms with Gasteiger partial charge in [0.2, 0.25) is 0 Å². The van der Waals surface area contributed by atoms with Gasteiger partial charge in [0.05, 0.1) is 20.7 Å². The Morgan fingerprint density at radius 2 is 1.93 bits per heavy atom. The Morgan fingerprint density at radius 3 is 2.66 bits per heavy atom. The lowest BCUT2D eigenvalue weighted by molar-refractivity contribution is 0.0915. The molecule has 0 saturated carbocycles. The van der Waals surface area contributed by atoms with Crippen LogP contribution in [0, 0.1) is 5.82 Å². The topological polar surface area (TPSA) is 86.9 Å². The zero-order valence-electron chi connectivity index (χ0n) is 15.6. The van der Waals surface area contributed by atoms with E-state index in [4.69, 9.17) is 0 Å². The van der Waals surface area contributed by atoms with Crippen molar-refractivity contribution in [2.24, 2.45) is 0 Å². The van der Waals surface area contributed by atoms with Crippen molar-refractivity contribution in [3.63, 3.8) is 0 Å². The fraction of sp³-hybridized carbons (Fsp3) is 0.150. The van der Waals surface area contributed by atoms with Crippen molar-refractivity contribution in [3.05, 3.63) is 69.0 Å². The van der Waals surface area contributed by atoms with Crippen LogP contribution >= 0.6 is 22.7 Å². The van der Waals surface area contributed by atoms with Gasteiger partial charge < -0.3 is 10.6 Å². The average Bonchev–Trinajstić information content (AvgIpc) is 3.40. The van der Waals surface area contributed by atoms with Gasteiger partial charge in [-0.3, -0.25) is 14.7 Å². The summed E-state index contributed by atoms with van der Waals surface area (Å²) in [5.74, 6) is -0.521. The molecule has 0 unspecified atom stereocenters. The molecule has 2 amide bonds. The van der Waals surface area contributed by atoms with E-state index in [9.17, 15) is 14.0 Å². The second kappa shape index (κ2) is 7.41. The fourth-order valence-corrected chi connectivity index (χ4v) is 4.41. The normalized spacial score (nSPS) is 11.6. The van der Waals surface area contributed by atoms with Crippen molar-refractivity contribution < 1.29 is 14.0 Å². The Labute approximate surface area is 173 Å². The lowest BCUT2D eigenvalue weighted by Crippen LogP contribution is -2.40. The molecule has 3 heterocycles. The van der Waals surface area contributed by atoms with Crippen LogP contribution < -0.4 is 10.6 Å². The number of hydrogen-bond donors (Lipinski definition) is 3. The Hall–Kier alpha value is -3.04. The SMILES string of the molecule is CC(C)(NC(=O)c1cc2c(NC(=O)c3cccs3)n[nH]c2s1)c1cccc(F)c1. The van der Waals surface area contributed by atoms with Gasteiger partial charge >= 0.3 is 0 Å². The van der Waals surface area contributed by atoms with E-state index in [1.165, 1.54) is 34.8 Å². The fourth-order valence-electron chi connectivity index (χ4n) is 2.90. The van der Waals surface area contributed by atoms with Gasteiger partial charge in [0.15, 0.2) is 5.82 Å². The number of rotatable bonds is 5. The number of aromatic amines is 1. The number of carbonyl (C=O) groups excluding carboxylic acids is 2. The van der Waals surface area contributed by atoms with E-state index in [0.717, 1.165) is 0 Å². The maximum absolute atomic E-state index is 13.6. The molecule has 1 aromatic carbocycles. The van der Waals surface area contributed by atoms with E-state index in [-0.39, 0.29) is 17.6 Å². The summed E-state index contributed by atoms with van der Waals surface area (Å²) >= 11 is 2.57. The van der Waals surface area contributed by atoms with E-state index >= 15 is 0 Å². The van der Waals surface area contributed by atoms with E-state index in [1.807, 2.05) is 19.2 Å². The lowest BCUT2D eigenvalue weighted by Gasteiger charge is -2.26. The van der Waals surface area contributed by atoms with Gasteiger partial charge in [0, 0.05) is 0 Å². The van der Waals surface area contributed by atoms with Crippen LogP contribution in [0.3, 0.4) is 0 Å². The predicted molar refractivity (Wildman–Crippen MR) is 113 cm³/mol. The van der Waals surface area contributed by atoms with Gasteiger partial charge in [-0.05, 0) is 49.1 Å². The summed E-state index contributed by atoms with van der Waals surface area (Å²) in [6.07, 6.45) is 0. The highest BCUT2D eigenvalue weighted by Crippen LogP contribution is 2.30. The summed E-state index contributed by atoms with van der Waals surface area (Å²) in [6.45, 7) is 3.63. The number of halogens is 1. The highest BCUT2D eigenvalue weighted by Gasteiger charge is 2.25. The molecule has 148 valence electrons. The zero-order valence-corrected chi connectivity index (χ0v) is 17.2. The van der Waals surface area contributed by atoms with Crippen LogP contribution in [-0.2, 0) is 5.54 Å². The number of carbonyl (C=O) groups is 2. The minimum Gasteiger partial charge on any atom is -0.342 e. The van der Waals surface area contributed by atoms with Gasteiger partial charge in [-0.25, -0.2) is 4.39 Å². The third-order valence-corrected chi connectivity index (χ3v) is 6.34. The monoisotopic (exact) mass is 428 g/mol. The second-order valence-electron chi connectivity index (χ2n) is 6.95. The van der Waals surface area contributed by atoms with Crippen LogP contribution in [0.4, 0.5) is 10.2 Å². The minimum absolute atomic E-state index is 0.252. The molecular formula is C20H17FN4O2S2. The number of benzene rings is 1. The number of hydrogen-bond acceptors (Lipinski definition) is 5. The molecule has 3 aromatic heterocycles. The first kappa shape index (κ1) is 19.3. The van der Waals surface area contributed by atoms with Crippen molar-refractivity contribution in [3.8, 4) is 0 Å². The standard InChI is InChI=1S/C20H17FN4O2S2/c1-20(2,11-5-3-6-12(21)9-11)23-18(27)15-10-13-16(24-25-19(13)29-15)22-17(26)14-7-4-8-28-14/h3-10H,1-2H3,(H,23,27)(H2,22,24,25,26). The number of nitrogens with one attached hydrogen (secondary N) is 3.